The van der Waals surface area contributed by atoms with Crippen LogP contribution in [0.15, 0.2) is 33.9 Å². The van der Waals surface area contributed by atoms with Crippen molar-refractivity contribution in [1.82, 2.24) is 4.98 Å². The van der Waals surface area contributed by atoms with E-state index in [-0.39, 0.29) is 0 Å². The normalized spacial score (nSPS) is 10.6. The number of thioether (sulfide) groups is 1. The first kappa shape index (κ1) is 6.73. The van der Waals surface area contributed by atoms with E-state index in [1.807, 2.05) is 24.5 Å². The molecule has 0 saturated carbocycles. The molecule has 0 atom stereocenters. The Morgan fingerprint density at radius 3 is 3.18 bits per heavy atom. The van der Waals surface area contributed by atoms with E-state index >= 15 is 0 Å². The highest BCUT2D eigenvalue weighted by Gasteiger charge is 2.00. The third-order valence-electron chi connectivity index (χ3n) is 1.47. The van der Waals surface area contributed by atoms with Crippen molar-refractivity contribution in [3.8, 4) is 0 Å². The van der Waals surface area contributed by atoms with Gasteiger partial charge in [0.2, 0.25) is 0 Å². The summed E-state index contributed by atoms with van der Waals surface area (Å²) in [5.74, 6) is 0. The van der Waals surface area contributed by atoms with Gasteiger partial charge in [0.05, 0.1) is 0 Å². The Labute approximate surface area is 68.6 Å². The van der Waals surface area contributed by atoms with Crippen LogP contribution in [-0.4, -0.2) is 11.2 Å². The highest BCUT2D eigenvalue weighted by molar-refractivity contribution is 7.98. The Kier molecular flexibility index (Phi) is 1.58. The van der Waals surface area contributed by atoms with Crippen LogP contribution in [0.5, 0.6) is 0 Å². The van der Waals surface area contributed by atoms with Crippen molar-refractivity contribution in [2.75, 3.05) is 6.26 Å². The Morgan fingerprint density at radius 2 is 2.45 bits per heavy atom. The van der Waals surface area contributed by atoms with Crippen LogP contribution in [-0.2, 0) is 0 Å². The molecule has 0 unspecified atom stereocenters. The zero-order chi connectivity index (χ0) is 7.68. The molecule has 0 bridgehead atoms. The average molecular weight is 165 g/mol. The SMILES string of the molecule is CSc1cc2ncccc2o1. The molecule has 0 N–H and O–H groups in total. The summed E-state index contributed by atoms with van der Waals surface area (Å²) in [6.45, 7) is 0. The summed E-state index contributed by atoms with van der Waals surface area (Å²) in [7, 11) is 0. The fourth-order valence-corrected chi connectivity index (χ4v) is 1.35. The van der Waals surface area contributed by atoms with Crippen LogP contribution in [0.3, 0.4) is 0 Å². The molecule has 0 amide bonds. The van der Waals surface area contributed by atoms with Crippen molar-refractivity contribution in [3.05, 3.63) is 24.4 Å². The lowest BCUT2D eigenvalue weighted by Crippen LogP contribution is -1.66. The second-order valence-electron chi connectivity index (χ2n) is 2.16. The number of pyridine rings is 1. The molecule has 0 aromatic carbocycles. The van der Waals surface area contributed by atoms with Gasteiger partial charge in [-0.3, -0.25) is 4.98 Å². The first-order valence-corrected chi connectivity index (χ1v) is 4.51. The lowest BCUT2D eigenvalue weighted by molar-refractivity contribution is 0.515. The molecule has 0 fully saturated rings. The largest absolute Gasteiger partial charge is 0.448 e. The lowest BCUT2D eigenvalue weighted by atomic mass is 10.4. The standard InChI is InChI=1S/C8H7NOS/c1-11-8-5-6-7(10-8)3-2-4-9-6/h2-5H,1H3. The molecule has 56 valence electrons. The molecular weight excluding hydrogens is 158 g/mol. The molecule has 0 aliphatic rings. The van der Waals surface area contributed by atoms with E-state index in [1.165, 1.54) is 0 Å². The number of fused-ring (bicyclic) bond motifs is 1. The van der Waals surface area contributed by atoms with Gasteiger partial charge in [-0.1, -0.05) is 11.8 Å². The van der Waals surface area contributed by atoms with Gasteiger partial charge in [0.1, 0.15) is 5.52 Å². The second kappa shape index (κ2) is 2.58. The number of nitrogens with zero attached hydrogens (tertiary/aromatic N) is 1. The van der Waals surface area contributed by atoms with Crippen LogP contribution in [0.2, 0.25) is 0 Å². The Bertz CT molecular complexity index is 336. The summed E-state index contributed by atoms with van der Waals surface area (Å²) in [6, 6.07) is 5.73. The molecule has 0 aliphatic heterocycles. The fraction of sp³-hybridized carbons (Fsp3) is 0.125. The van der Waals surface area contributed by atoms with E-state index in [0.29, 0.717) is 0 Å². The van der Waals surface area contributed by atoms with Gasteiger partial charge in [0, 0.05) is 12.3 Å². The van der Waals surface area contributed by atoms with Crippen molar-refractivity contribution in [1.29, 1.82) is 0 Å². The molecule has 2 aromatic heterocycles. The molecule has 3 heteroatoms. The van der Waals surface area contributed by atoms with E-state index < -0.39 is 0 Å². The van der Waals surface area contributed by atoms with Gasteiger partial charge >= 0.3 is 0 Å². The predicted octanol–water partition coefficient (Wildman–Crippen LogP) is 2.55. The Morgan fingerprint density at radius 1 is 1.55 bits per heavy atom. The molecular formula is C8H7NOS. The van der Waals surface area contributed by atoms with E-state index in [2.05, 4.69) is 4.98 Å². The zero-order valence-corrected chi connectivity index (χ0v) is 6.89. The van der Waals surface area contributed by atoms with Crippen LogP contribution >= 0.6 is 11.8 Å². The monoisotopic (exact) mass is 165 g/mol. The van der Waals surface area contributed by atoms with Gasteiger partial charge in [-0.25, -0.2) is 0 Å². The van der Waals surface area contributed by atoms with Crippen molar-refractivity contribution in [2.45, 2.75) is 5.09 Å². The van der Waals surface area contributed by atoms with Gasteiger partial charge in [-0.05, 0) is 18.4 Å². The zero-order valence-electron chi connectivity index (χ0n) is 6.07. The van der Waals surface area contributed by atoms with Gasteiger partial charge in [0.25, 0.3) is 0 Å². The summed E-state index contributed by atoms with van der Waals surface area (Å²) in [5.41, 5.74) is 1.79. The van der Waals surface area contributed by atoms with Crippen LogP contribution < -0.4 is 0 Å². The topological polar surface area (TPSA) is 26.0 Å². The number of aromatic nitrogens is 1. The fourth-order valence-electron chi connectivity index (χ4n) is 0.948. The molecule has 2 rings (SSSR count). The molecule has 0 spiro atoms. The lowest BCUT2D eigenvalue weighted by Gasteiger charge is -1.82. The maximum atomic E-state index is 5.42. The molecule has 0 saturated heterocycles. The third kappa shape index (κ3) is 1.12. The molecule has 0 aliphatic carbocycles. The number of hydrogen-bond donors (Lipinski definition) is 0. The predicted molar refractivity (Wildman–Crippen MR) is 45.8 cm³/mol. The van der Waals surface area contributed by atoms with Crippen LogP contribution in [0.4, 0.5) is 0 Å². The average Bonchev–Trinajstić information content (AvgIpc) is 2.46. The van der Waals surface area contributed by atoms with E-state index in [0.717, 1.165) is 16.2 Å². The van der Waals surface area contributed by atoms with Crippen molar-refractivity contribution >= 4 is 22.9 Å². The minimum absolute atomic E-state index is 0.858. The van der Waals surface area contributed by atoms with Crippen molar-refractivity contribution in [3.63, 3.8) is 0 Å². The third-order valence-corrected chi connectivity index (χ3v) is 2.07. The number of rotatable bonds is 1. The van der Waals surface area contributed by atoms with Gasteiger partial charge in [-0.15, -0.1) is 0 Å². The summed E-state index contributed by atoms with van der Waals surface area (Å²) in [6.07, 6.45) is 3.75. The molecule has 0 radical (unpaired) electrons. The first-order chi connectivity index (χ1) is 5.40. The van der Waals surface area contributed by atoms with E-state index in [9.17, 15) is 0 Å². The summed E-state index contributed by atoms with van der Waals surface area (Å²) >= 11 is 1.59. The van der Waals surface area contributed by atoms with E-state index in [1.54, 1.807) is 18.0 Å². The highest BCUT2D eigenvalue weighted by Crippen LogP contribution is 2.23. The quantitative estimate of drug-likeness (QED) is 0.607. The number of furan rings is 1. The summed E-state index contributed by atoms with van der Waals surface area (Å²) in [4.78, 5) is 4.14. The first-order valence-electron chi connectivity index (χ1n) is 3.29. The Hall–Kier alpha value is -0.960. The van der Waals surface area contributed by atoms with Gasteiger partial charge in [-0.2, -0.15) is 0 Å². The van der Waals surface area contributed by atoms with Crippen molar-refractivity contribution in [2.24, 2.45) is 0 Å². The van der Waals surface area contributed by atoms with Crippen LogP contribution in [0.1, 0.15) is 0 Å². The summed E-state index contributed by atoms with van der Waals surface area (Å²) in [5, 5.41) is 0.915. The smallest absolute Gasteiger partial charge is 0.162 e. The van der Waals surface area contributed by atoms with Crippen molar-refractivity contribution < 1.29 is 4.42 Å². The molecule has 11 heavy (non-hydrogen) atoms. The van der Waals surface area contributed by atoms with Crippen LogP contribution in [0, 0.1) is 0 Å². The second-order valence-corrected chi connectivity index (χ2v) is 2.97. The van der Waals surface area contributed by atoms with E-state index in [4.69, 9.17) is 4.42 Å². The van der Waals surface area contributed by atoms with Gasteiger partial charge < -0.3 is 4.42 Å². The maximum absolute atomic E-state index is 5.42. The minimum Gasteiger partial charge on any atom is -0.448 e. The van der Waals surface area contributed by atoms with Crippen LogP contribution in [0.25, 0.3) is 11.1 Å². The molecule has 2 heterocycles. The minimum atomic E-state index is 0.858. The van der Waals surface area contributed by atoms with Gasteiger partial charge in [0.15, 0.2) is 10.7 Å². The highest BCUT2D eigenvalue weighted by atomic mass is 32.2. The molecule has 2 aromatic rings. The summed E-state index contributed by atoms with van der Waals surface area (Å²) < 4.78 is 5.42. The molecule has 2 nitrogen and oxygen atoms in total. The number of hydrogen-bond acceptors (Lipinski definition) is 3. The Balaban J connectivity index is 2.69. The maximum Gasteiger partial charge on any atom is 0.162 e.